The molecule has 0 aliphatic carbocycles. The quantitative estimate of drug-likeness (QED) is 0.840. The lowest BCUT2D eigenvalue weighted by Gasteiger charge is -2.29. The van der Waals surface area contributed by atoms with Gasteiger partial charge in [-0.3, -0.25) is 0 Å². The maximum Gasteiger partial charge on any atom is 0.0720 e. The van der Waals surface area contributed by atoms with Gasteiger partial charge in [-0.05, 0) is 31.2 Å². The van der Waals surface area contributed by atoms with Crippen LogP contribution in [0.15, 0.2) is 30.3 Å². The van der Waals surface area contributed by atoms with Crippen LogP contribution in [0.4, 0.5) is 0 Å². The first-order chi connectivity index (χ1) is 7.90. The molecular weight excluding hydrogens is 198 g/mol. The van der Waals surface area contributed by atoms with Gasteiger partial charge in [0.15, 0.2) is 0 Å². The minimum absolute atomic E-state index is 0.471. The van der Waals surface area contributed by atoms with Crippen LogP contribution < -0.4 is 5.32 Å². The lowest BCUT2D eigenvalue weighted by atomic mass is 10.0. The molecule has 1 unspecified atom stereocenters. The summed E-state index contributed by atoms with van der Waals surface area (Å²) in [6.07, 6.45) is 5.55. The molecule has 0 radical (unpaired) electrons. The van der Waals surface area contributed by atoms with Gasteiger partial charge in [-0.15, -0.1) is 0 Å². The Balaban J connectivity index is 1.52. The second-order valence-electron chi connectivity index (χ2n) is 5.03. The highest BCUT2D eigenvalue weighted by molar-refractivity contribution is 5.13. The van der Waals surface area contributed by atoms with Gasteiger partial charge in [-0.25, -0.2) is 0 Å². The van der Waals surface area contributed by atoms with Crippen LogP contribution in [-0.4, -0.2) is 18.2 Å². The zero-order chi connectivity index (χ0) is 10.8. The molecule has 2 fully saturated rings. The summed E-state index contributed by atoms with van der Waals surface area (Å²) >= 11 is 0. The number of hydrogen-bond acceptors (Lipinski definition) is 2. The summed E-state index contributed by atoms with van der Waals surface area (Å²) in [4.78, 5) is 0. The molecule has 1 aromatic carbocycles. The smallest absolute Gasteiger partial charge is 0.0720 e. The van der Waals surface area contributed by atoms with Gasteiger partial charge in [0.05, 0.1) is 12.7 Å². The molecule has 1 aromatic rings. The van der Waals surface area contributed by atoms with Gasteiger partial charge < -0.3 is 10.1 Å². The van der Waals surface area contributed by atoms with Crippen LogP contribution in [0, 0.1) is 0 Å². The minimum Gasteiger partial charge on any atom is -0.373 e. The van der Waals surface area contributed by atoms with Crippen molar-refractivity contribution in [3.63, 3.8) is 0 Å². The first-order valence-corrected chi connectivity index (χ1v) is 6.32. The minimum atomic E-state index is 0.471. The average molecular weight is 217 g/mol. The van der Waals surface area contributed by atoms with E-state index >= 15 is 0 Å². The van der Waals surface area contributed by atoms with Crippen LogP contribution in [0.25, 0.3) is 0 Å². The van der Waals surface area contributed by atoms with Crippen molar-refractivity contribution < 1.29 is 4.74 Å². The maximum atomic E-state index is 6.01. The number of fused-ring (bicyclic) bond motifs is 2. The third-order valence-corrected chi connectivity index (χ3v) is 3.76. The molecule has 2 nitrogen and oxygen atoms in total. The monoisotopic (exact) mass is 217 g/mol. The summed E-state index contributed by atoms with van der Waals surface area (Å²) in [6.45, 7) is 0.769. The Morgan fingerprint density at radius 1 is 1.06 bits per heavy atom. The first-order valence-electron chi connectivity index (χ1n) is 6.32. The molecule has 3 rings (SSSR count). The number of nitrogens with one attached hydrogen (secondary N) is 1. The van der Waals surface area contributed by atoms with Crippen molar-refractivity contribution in [2.75, 3.05) is 0 Å². The van der Waals surface area contributed by atoms with Gasteiger partial charge in [0.1, 0.15) is 0 Å². The predicted molar refractivity (Wildman–Crippen MR) is 64.2 cm³/mol. The SMILES string of the molecule is c1ccc(COC2C[C@H]3CC[C@@H](C2)N3)cc1. The third kappa shape index (κ3) is 2.28. The summed E-state index contributed by atoms with van der Waals surface area (Å²) in [5.74, 6) is 0. The van der Waals surface area contributed by atoms with Crippen LogP contribution in [0.5, 0.6) is 0 Å². The molecular formula is C14H19NO. The molecule has 1 N–H and O–H groups in total. The van der Waals surface area contributed by atoms with E-state index < -0.39 is 0 Å². The van der Waals surface area contributed by atoms with Crippen molar-refractivity contribution in [3.8, 4) is 0 Å². The predicted octanol–water partition coefficient (Wildman–Crippen LogP) is 2.49. The molecule has 2 heteroatoms. The average Bonchev–Trinajstić information content (AvgIpc) is 2.67. The van der Waals surface area contributed by atoms with Gasteiger partial charge in [-0.1, -0.05) is 30.3 Å². The molecule has 2 aliphatic heterocycles. The topological polar surface area (TPSA) is 21.3 Å². The van der Waals surface area contributed by atoms with Crippen molar-refractivity contribution >= 4 is 0 Å². The number of rotatable bonds is 3. The van der Waals surface area contributed by atoms with Crippen molar-refractivity contribution in [2.24, 2.45) is 0 Å². The molecule has 2 bridgehead atoms. The van der Waals surface area contributed by atoms with E-state index in [9.17, 15) is 0 Å². The van der Waals surface area contributed by atoms with Crippen molar-refractivity contribution in [1.29, 1.82) is 0 Å². The number of ether oxygens (including phenoxy) is 1. The Morgan fingerprint density at radius 3 is 2.44 bits per heavy atom. The van der Waals surface area contributed by atoms with E-state index in [1.54, 1.807) is 0 Å². The molecule has 3 atom stereocenters. The van der Waals surface area contributed by atoms with Crippen LogP contribution in [0.3, 0.4) is 0 Å². The molecule has 0 aromatic heterocycles. The van der Waals surface area contributed by atoms with Crippen molar-refractivity contribution in [2.45, 2.75) is 50.5 Å². The highest BCUT2D eigenvalue weighted by atomic mass is 16.5. The molecule has 86 valence electrons. The van der Waals surface area contributed by atoms with Gasteiger partial charge in [0, 0.05) is 12.1 Å². The molecule has 0 spiro atoms. The highest BCUT2D eigenvalue weighted by Gasteiger charge is 2.33. The fraction of sp³-hybridized carbons (Fsp3) is 0.571. The van der Waals surface area contributed by atoms with Gasteiger partial charge in [-0.2, -0.15) is 0 Å². The lowest BCUT2D eigenvalue weighted by Crippen LogP contribution is -2.41. The second-order valence-corrected chi connectivity index (χ2v) is 5.03. The zero-order valence-corrected chi connectivity index (χ0v) is 9.56. The largest absolute Gasteiger partial charge is 0.373 e. The van der Waals surface area contributed by atoms with E-state index in [0.717, 1.165) is 18.7 Å². The van der Waals surface area contributed by atoms with E-state index in [-0.39, 0.29) is 0 Å². The van der Waals surface area contributed by atoms with E-state index in [1.165, 1.54) is 31.2 Å². The Hall–Kier alpha value is -0.860. The maximum absolute atomic E-state index is 6.01. The Bertz CT molecular complexity index is 326. The van der Waals surface area contributed by atoms with Crippen LogP contribution in [-0.2, 0) is 11.3 Å². The molecule has 2 heterocycles. The lowest BCUT2D eigenvalue weighted by molar-refractivity contribution is 0.00917. The highest BCUT2D eigenvalue weighted by Crippen LogP contribution is 2.28. The summed E-state index contributed by atoms with van der Waals surface area (Å²) in [7, 11) is 0. The summed E-state index contributed by atoms with van der Waals surface area (Å²) in [6, 6.07) is 11.9. The number of hydrogen-bond donors (Lipinski definition) is 1. The molecule has 0 amide bonds. The van der Waals surface area contributed by atoms with Crippen molar-refractivity contribution in [3.05, 3.63) is 35.9 Å². The first kappa shape index (κ1) is 10.3. The van der Waals surface area contributed by atoms with E-state index in [0.29, 0.717) is 6.10 Å². The third-order valence-electron chi connectivity index (χ3n) is 3.76. The van der Waals surface area contributed by atoms with E-state index in [2.05, 4.69) is 29.6 Å². The molecule has 2 aliphatic rings. The van der Waals surface area contributed by atoms with E-state index in [4.69, 9.17) is 4.74 Å². The molecule has 0 saturated carbocycles. The molecule has 2 saturated heterocycles. The van der Waals surface area contributed by atoms with Gasteiger partial charge >= 0.3 is 0 Å². The van der Waals surface area contributed by atoms with Crippen LogP contribution in [0.2, 0.25) is 0 Å². The Morgan fingerprint density at radius 2 is 1.75 bits per heavy atom. The molecule has 16 heavy (non-hydrogen) atoms. The number of benzene rings is 1. The standard InChI is InChI=1S/C14H19NO/c1-2-4-11(5-3-1)10-16-14-8-12-6-7-13(9-14)15-12/h1-5,12-15H,6-10H2/t12-,13+,14?. The number of piperidine rings is 1. The zero-order valence-electron chi connectivity index (χ0n) is 9.56. The summed E-state index contributed by atoms with van der Waals surface area (Å²) < 4.78 is 6.01. The fourth-order valence-corrected chi connectivity index (χ4v) is 2.93. The van der Waals surface area contributed by atoms with Gasteiger partial charge in [0.2, 0.25) is 0 Å². The van der Waals surface area contributed by atoms with Crippen LogP contribution >= 0.6 is 0 Å². The second kappa shape index (κ2) is 4.56. The van der Waals surface area contributed by atoms with Gasteiger partial charge in [0.25, 0.3) is 0 Å². The van der Waals surface area contributed by atoms with Crippen molar-refractivity contribution in [1.82, 2.24) is 5.32 Å². The summed E-state index contributed by atoms with van der Waals surface area (Å²) in [5.41, 5.74) is 1.29. The van der Waals surface area contributed by atoms with Crippen LogP contribution in [0.1, 0.15) is 31.2 Å². The fourth-order valence-electron chi connectivity index (χ4n) is 2.93. The Labute approximate surface area is 97.0 Å². The Kier molecular flexibility index (Phi) is 2.94. The normalized spacial score (nSPS) is 32.9. The summed E-state index contributed by atoms with van der Waals surface area (Å²) in [5, 5.41) is 3.64. The van der Waals surface area contributed by atoms with E-state index in [1.807, 2.05) is 6.07 Å².